The first-order valence-electron chi connectivity index (χ1n) is 7.54. The zero-order valence-electron chi connectivity index (χ0n) is 13.3. The van der Waals surface area contributed by atoms with Crippen LogP contribution in [0.15, 0.2) is 24.3 Å². The number of anilines is 1. The number of nitrogens with one attached hydrogen (secondary N) is 1. The summed E-state index contributed by atoms with van der Waals surface area (Å²) in [5.74, 6) is 0.208. The molecule has 0 aliphatic carbocycles. The number of nitrogens with zero attached hydrogens (tertiary/aromatic N) is 1. The Morgan fingerprint density at radius 1 is 1.41 bits per heavy atom. The lowest BCUT2D eigenvalue weighted by molar-refractivity contribution is -0.148. The van der Waals surface area contributed by atoms with Crippen molar-refractivity contribution in [2.24, 2.45) is 0 Å². The highest BCUT2D eigenvalue weighted by Gasteiger charge is 2.30. The molecule has 1 atom stereocenters. The third-order valence-electron chi connectivity index (χ3n) is 3.34. The van der Waals surface area contributed by atoms with Crippen molar-refractivity contribution in [3.8, 4) is 5.75 Å². The van der Waals surface area contributed by atoms with E-state index in [0.717, 1.165) is 12.8 Å². The van der Waals surface area contributed by atoms with E-state index in [4.69, 9.17) is 9.57 Å². The lowest BCUT2D eigenvalue weighted by atomic mass is 10.2. The van der Waals surface area contributed by atoms with Crippen LogP contribution in [0.25, 0.3) is 0 Å². The second-order valence-electron chi connectivity index (χ2n) is 6.39. The second kappa shape index (κ2) is 6.87. The average molecular weight is 308 g/mol. The summed E-state index contributed by atoms with van der Waals surface area (Å²) >= 11 is 0. The summed E-state index contributed by atoms with van der Waals surface area (Å²) in [4.78, 5) is 17.0. The number of phenolic OH excluding ortho intramolecular Hbond substituents is 1. The number of carbonyl (C=O) groups excluding carboxylic acids is 1. The summed E-state index contributed by atoms with van der Waals surface area (Å²) in [6.45, 7) is 6.67. The van der Waals surface area contributed by atoms with Crippen molar-refractivity contribution in [3.63, 3.8) is 0 Å². The highest BCUT2D eigenvalue weighted by molar-refractivity contribution is 5.60. The molecule has 0 radical (unpaired) electrons. The van der Waals surface area contributed by atoms with Crippen LogP contribution in [0.1, 0.15) is 33.6 Å². The van der Waals surface area contributed by atoms with Crippen LogP contribution in [0.5, 0.6) is 5.75 Å². The Balaban J connectivity index is 1.86. The summed E-state index contributed by atoms with van der Waals surface area (Å²) in [6, 6.07) is 7.13. The van der Waals surface area contributed by atoms with Gasteiger partial charge in [-0.3, -0.25) is 0 Å². The van der Waals surface area contributed by atoms with Gasteiger partial charge in [-0.25, -0.2) is 4.79 Å². The number of hydrogen-bond donors (Lipinski definition) is 2. The van der Waals surface area contributed by atoms with Crippen molar-refractivity contribution in [2.45, 2.75) is 45.3 Å². The number of hydrogen-bond acceptors (Lipinski definition) is 6. The van der Waals surface area contributed by atoms with E-state index in [1.807, 2.05) is 12.1 Å². The number of ether oxygens (including phenoxy) is 1. The molecule has 1 aliphatic heterocycles. The average Bonchev–Trinajstić information content (AvgIpc) is 2.83. The summed E-state index contributed by atoms with van der Waals surface area (Å²) in [5.41, 5.74) is 0.104. The third kappa shape index (κ3) is 4.80. The van der Waals surface area contributed by atoms with Crippen LogP contribution in [-0.2, 0) is 9.57 Å². The fourth-order valence-electron chi connectivity index (χ4n) is 2.35. The molecule has 0 amide bonds. The Kier molecular flexibility index (Phi) is 5.13. The van der Waals surface area contributed by atoms with Gasteiger partial charge in [-0.05, 0) is 45.7 Å². The minimum atomic E-state index is -0.679. The van der Waals surface area contributed by atoms with Crippen LogP contribution in [-0.4, -0.2) is 41.1 Å². The molecule has 2 N–H and O–H groups in total. The normalized spacial score (nSPS) is 19.0. The van der Waals surface area contributed by atoms with Crippen molar-refractivity contribution in [1.82, 2.24) is 5.06 Å². The van der Waals surface area contributed by atoms with Gasteiger partial charge in [0.15, 0.2) is 0 Å². The molecule has 0 aromatic heterocycles. The van der Waals surface area contributed by atoms with E-state index in [1.165, 1.54) is 0 Å². The molecule has 1 aliphatic rings. The monoisotopic (exact) mass is 308 g/mol. The molecule has 0 bridgehead atoms. The van der Waals surface area contributed by atoms with Crippen LogP contribution in [0.3, 0.4) is 0 Å². The molecule has 0 saturated carbocycles. The predicted molar refractivity (Wildman–Crippen MR) is 83.6 cm³/mol. The Labute approximate surface area is 131 Å². The molecule has 2 rings (SSSR count). The van der Waals surface area contributed by atoms with Crippen LogP contribution >= 0.6 is 0 Å². The molecule has 6 nitrogen and oxygen atoms in total. The number of carbonyl (C=O) groups is 1. The van der Waals surface area contributed by atoms with E-state index in [0.29, 0.717) is 18.8 Å². The molecule has 1 aromatic rings. The van der Waals surface area contributed by atoms with Crippen molar-refractivity contribution in [1.29, 1.82) is 0 Å². The topological polar surface area (TPSA) is 71.0 Å². The Morgan fingerprint density at radius 2 is 2.14 bits per heavy atom. The number of benzene rings is 1. The Morgan fingerprint density at radius 3 is 2.82 bits per heavy atom. The minimum absolute atomic E-state index is 0.0622. The molecule has 1 fully saturated rings. The lowest BCUT2D eigenvalue weighted by Crippen LogP contribution is -2.38. The van der Waals surface area contributed by atoms with Crippen LogP contribution in [0.2, 0.25) is 0 Å². The van der Waals surface area contributed by atoms with Crippen molar-refractivity contribution in [3.05, 3.63) is 24.3 Å². The number of phenols is 1. The molecule has 1 saturated heterocycles. The van der Waals surface area contributed by atoms with E-state index in [1.54, 1.807) is 38.0 Å². The van der Waals surface area contributed by atoms with Gasteiger partial charge in [0.1, 0.15) is 11.4 Å². The molecular formula is C16H24N2O4. The Hall–Kier alpha value is -1.95. The van der Waals surface area contributed by atoms with E-state index >= 15 is 0 Å². The Bertz CT molecular complexity index is 513. The van der Waals surface area contributed by atoms with Crippen LogP contribution in [0.4, 0.5) is 10.5 Å². The molecule has 1 heterocycles. The standard InChI is InChI=1S/C16H24N2O4/c1-16(2,3)21-15(20)22-18-10-6-7-12(18)11-17-13-8-4-5-9-14(13)19/h4-5,8-9,12,17,19H,6-7,10-11H2,1-3H3. The van der Waals surface area contributed by atoms with Gasteiger partial charge in [-0.1, -0.05) is 12.1 Å². The molecule has 22 heavy (non-hydrogen) atoms. The van der Waals surface area contributed by atoms with Gasteiger partial charge < -0.3 is 20.0 Å². The van der Waals surface area contributed by atoms with Gasteiger partial charge in [0.05, 0.1) is 11.7 Å². The summed E-state index contributed by atoms with van der Waals surface area (Å²) < 4.78 is 5.17. The van der Waals surface area contributed by atoms with E-state index in [-0.39, 0.29) is 11.8 Å². The fourth-order valence-corrected chi connectivity index (χ4v) is 2.35. The van der Waals surface area contributed by atoms with E-state index < -0.39 is 11.8 Å². The minimum Gasteiger partial charge on any atom is -0.506 e. The zero-order valence-corrected chi connectivity index (χ0v) is 13.3. The summed E-state index contributed by atoms with van der Waals surface area (Å²) in [6.07, 6.45) is 1.20. The summed E-state index contributed by atoms with van der Waals surface area (Å²) in [7, 11) is 0. The van der Waals surface area contributed by atoms with Gasteiger partial charge in [0, 0.05) is 13.1 Å². The fraction of sp³-hybridized carbons (Fsp3) is 0.562. The molecule has 1 unspecified atom stereocenters. The number of rotatable bonds is 4. The molecule has 122 valence electrons. The first-order valence-corrected chi connectivity index (χ1v) is 7.54. The lowest BCUT2D eigenvalue weighted by Gasteiger charge is -2.26. The highest BCUT2D eigenvalue weighted by atomic mass is 16.8. The number of para-hydroxylation sites is 2. The van der Waals surface area contributed by atoms with Gasteiger partial charge in [-0.2, -0.15) is 0 Å². The van der Waals surface area contributed by atoms with E-state index in [2.05, 4.69) is 5.32 Å². The quantitative estimate of drug-likeness (QED) is 0.658. The molecule has 1 aromatic carbocycles. The summed E-state index contributed by atoms with van der Waals surface area (Å²) in [5, 5.41) is 14.6. The molecular weight excluding hydrogens is 284 g/mol. The van der Waals surface area contributed by atoms with Gasteiger partial charge in [-0.15, -0.1) is 5.06 Å². The van der Waals surface area contributed by atoms with Gasteiger partial charge in [0.25, 0.3) is 0 Å². The van der Waals surface area contributed by atoms with Crippen LogP contribution < -0.4 is 5.32 Å². The number of aromatic hydroxyl groups is 1. The molecule has 0 spiro atoms. The van der Waals surface area contributed by atoms with Crippen LogP contribution in [0, 0.1) is 0 Å². The smallest absolute Gasteiger partial charge is 0.506 e. The second-order valence-corrected chi connectivity index (χ2v) is 6.39. The van der Waals surface area contributed by atoms with Crippen molar-refractivity contribution < 1.29 is 19.5 Å². The van der Waals surface area contributed by atoms with Gasteiger partial charge in [0.2, 0.25) is 0 Å². The van der Waals surface area contributed by atoms with Gasteiger partial charge >= 0.3 is 6.16 Å². The van der Waals surface area contributed by atoms with E-state index in [9.17, 15) is 9.90 Å². The third-order valence-corrected chi connectivity index (χ3v) is 3.34. The maximum absolute atomic E-state index is 11.7. The number of hydroxylamine groups is 2. The predicted octanol–water partition coefficient (Wildman–Crippen LogP) is 3.14. The SMILES string of the molecule is CC(C)(C)OC(=O)ON1CCCC1CNc1ccccc1O. The van der Waals surface area contributed by atoms with Crippen molar-refractivity contribution >= 4 is 11.8 Å². The van der Waals surface area contributed by atoms with Crippen molar-refractivity contribution in [2.75, 3.05) is 18.4 Å². The largest absolute Gasteiger partial charge is 0.528 e. The maximum Gasteiger partial charge on any atom is 0.528 e. The highest BCUT2D eigenvalue weighted by Crippen LogP contribution is 2.24. The molecule has 6 heteroatoms. The zero-order chi connectivity index (χ0) is 16.2. The first kappa shape index (κ1) is 16.4. The maximum atomic E-state index is 11.7. The first-order chi connectivity index (χ1) is 10.3.